The lowest BCUT2D eigenvalue weighted by Crippen LogP contribution is -2.28. The van der Waals surface area contributed by atoms with Crippen LogP contribution in [0, 0.1) is 5.92 Å². The summed E-state index contributed by atoms with van der Waals surface area (Å²) in [6.45, 7) is 0. The molecule has 1 aromatic heterocycles. The van der Waals surface area contributed by atoms with Crippen molar-refractivity contribution < 1.29 is 4.79 Å². The minimum absolute atomic E-state index is 0.0101. The molecule has 1 aromatic carbocycles. The maximum Gasteiger partial charge on any atom is 0.227 e. The van der Waals surface area contributed by atoms with Crippen molar-refractivity contribution in [2.75, 3.05) is 5.32 Å². The van der Waals surface area contributed by atoms with Gasteiger partial charge in [0.05, 0.1) is 11.4 Å². The fraction of sp³-hybridized carbons (Fsp3) is 0.308. The molecule has 0 bridgehead atoms. The number of nitrogens with zero attached hydrogens (tertiary/aromatic N) is 2. The van der Waals surface area contributed by atoms with Crippen molar-refractivity contribution in [3.05, 3.63) is 40.7 Å². The minimum atomic E-state index is -0.0587. The van der Waals surface area contributed by atoms with E-state index >= 15 is 0 Å². The van der Waals surface area contributed by atoms with Crippen LogP contribution in [0.1, 0.15) is 17.8 Å². The number of aromatic nitrogens is 3. The summed E-state index contributed by atoms with van der Waals surface area (Å²) >= 11 is 5.89. The van der Waals surface area contributed by atoms with Crippen LogP contribution in [0.4, 0.5) is 5.69 Å². The Bertz CT molecular complexity index is 610. The van der Waals surface area contributed by atoms with Gasteiger partial charge in [-0.1, -0.05) is 17.7 Å². The van der Waals surface area contributed by atoms with Crippen molar-refractivity contribution in [3.63, 3.8) is 0 Å². The van der Waals surface area contributed by atoms with Crippen molar-refractivity contribution in [1.82, 2.24) is 15.4 Å². The predicted molar refractivity (Wildman–Crippen MR) is 72.0 cm³/mol. The zero-order valence-electron chi connectivity index (χ0n) is 10.2. The number of hydrogen-bond acceptors (Lipinski definition) is 3. The number of rotatable bonds is 2. The lowest BCUT2D eigenvalue weighted by atomic mass is 9.89. The molecule has 1 unspecified atom stereocenters. The quantitative estimate of drug-likeness (QED) is 0.883. The highest BCUT2D eigenvalue weighted by molar-refractivity contribution is 6.30. The minimum Gasteiger partial charge on any atom is -0.326 e. The largest absolute Gasteiger partial charge is 0.326 e. The Kier molecular flexibility index (Phi) is 3.21. The first-order valence-corrected chi connectivity index (χ1v) is 6.55. The molecule has 5 nitrogen and oxygen atoms in total. The van der Waals surface area contributed by atoms with Gasteiger partial charge in [-0.2, -0.15) is 15.4 Å². The topological polar surface area (TPSA) is 70.7 Å². The van der Waals surface area contributed by atoms with Gasteiger partial charge in [0, 0.05) is 23.0 Å². The number of fused-ring (bicyclic) bond motifs is 1. The number of benzene rings is 1. The van der Waals surface area contributed by atoms with Crippen LogP contribution >= 0.6 is 11.6 Å². The van der Waals surface area contributed by atoms with E-state index in [4.69, 9.17) is 11.6 Å². The first-order valence-electron chi connectivity index (χ1n) is 6.17. The molecule has 2 aromatic rings. The first kappa shape index (κ1) is 12.2. The van der Waals surface area contributed by atoms with E-state index < -0.39 is 0 Å². The van der Waals surface area contributed by atoms with Crippen molar-refractivity contribution >= 4 is 23.2 Å². The monoisotopic (exact) mass is 276 g/mol. The second kappa shape index (κ2) is 5.01. The van der Waals surface area contributed by atoms with Gasteiger partial charge in [0.25, 0.3) is 0 Å². The number of anilines is 1. The van der Waals surface area contributed by atoms with E-state index in [1.54, 1.807) is 12.1 Å². The Morgan fingerprint density at radius 3 is 3.05 bits per heavy atom. The molecule has 0 radical (unpaired) electrons. The molecule has 2 N–H and O–H groups in total. The number of carbonyl (C=O) groups excluding carboxylic acids is 1. The molecule has 1 aliphatic rings. The van der Waals surface area contributed by atoms with E-state index in [-0.39, 0.29) is 11.8 Å². The third-order valence-corrected chi connectivity index (χ3v) is 3.57. The van der Waals surface area contributed by atoms with Gasteiger partial charge in [0.1, 0.15) is 0 Å². The van der Waals surface area contributed by atoms with E-state index in [1.807, 2.05) is 12.1 Å². The number of carbonyl (C=O) groups is 1. The van der Waals surface area contributed by atoms with Crippen LogP contribution in [-0.4, -0.2) is 21.3 Å². The number of aromatic amines is 1. The fourth-order valence-corrected chi connectivity index (χ4v) is 2.51. The molecule has 0 saturated heterocycles. The second-order valence-electron chi connectivity index (χ2n) is 4.66. The molecule has 0 spiro atoms. The van der Waals surface area contributed by atoms with Crippen LogP contribution in [0.15, 0.2) is 24.3 Å². The van der Waals surface area contributed by atoms with Gasteiger partial charge in [-0.05, 0) is 31.0 Å². The van der Waals surface area contributed by atoms with Gasteiger partial charge >= 0.3 is 0 Å². The van der Waals surface area contributed by atoms with Crippen LogP contribution < -0.4 is 5.32 Å². The number of H-pyrrole nitrogens is 1. The molecule has 0 aliphatic heterocycles. The highest BCUT2D eigenvalue weighted by atomic mass is 35.5. The van der Waals surface area contributed by atoms with Crippen molar-refractivity contribution in [2.24, 2.45) is 5.92 Å². The maximum atomic E-state index is 12.2. The lowest BCUT2D eigenvalue weighted by molar-refractivity contribution is -0.120. The highest BCUT2D eigenvalue weighted by Crippen LogP contribution is 2.24. The van der Waals surface area contributed by atoms with E-state index in [2.05, 4.69) is 20.7 Å². The number of nitrogens with one attached hydrogen (secondary N) is 2. The number of amides is 1. The van der Waals surface area contributed by atoms with Crippen LogP contribution in [0.5, 0.6) is 0 Å². The molecular weight excluding hydrogens is 264 g/mol. The van der Waals surface area contributed by atoms with E-state index in [0.717, 1.165) is 29.9 Å². The smallest absolute Gasteiger partial charge is 0.227 e. The van der Waals surface area contributed by atoms with Crippen LogP contribution in [0.25, 0.3) is 0 Å². The average Bonchev–Trinajstić information content (AvgIpc) is 2.85. The molecule has 1 heterocycles. The molecule has 3 rings (SSSR count). The van der Waals surface area contributed by atoms with E-state index in [0.29, 0.717) is 11.4 Å². The second-order valence-corrected chi connectivity index (χ2v) is 5.09. The molecule has 19 heavy (non-hydrogen) atoms. The molecule has 1 aliphatic carbocycles. The predicted octanol–water partition coefficient (Wildman–Crippen LogP) is 2.20. The Morgan fingerprint density at radius 1 is 1.37 bits per heavy atom. The summed E-state index contributed by atoms with van der Waals surface area (Å²) in [5.41, 5.74) is 2.60. The van der Waals surface area contributed by atoms with Gasteiger partial charge < -0.3 is 5.32 Å². The van der Waals surface area contributed by atoms with Crippen LogP contribution in [-0.2, 0) is 17.6 Å². The molecular formula is C13H13ClN4O. The summed E-state index contributed by atoms with van der Waals surface area (Å²) in [6, 6.07) is 7.16. The van der Waals surface area contributed by atoms with Gasteiger partial charge in [0.2, 0.25) is 5.91 Å². The Balaban J connectivity index is 1.69. The van der Waals surface area contributed by atoms with Crippen LogP contribution in [0.2, 0.25) is 5.02 Å². The molecule has 0 fully saturated rings. The standard InChI is InChI=1S/C13H13ClN4O/c14-9-2-1-3-10(7-9)15-13(19)8-4-5-11-12(6-8)17-18-16-11/h1-3,7-8H,4-6H2,(H,15,19)(H,16,17,18). The van der Waals surface area contributed by atoms with Crippen LogP contribution in [0.3, 0.4) is 0 Å². The highest BCUT2D eigenvalue weighted by Gasteiger charge is 2.27. The summed E-state index contributed by atoms with van der Waals surface area (Å²) in [4.78, 5) is 12.2. The van der Waals surface area contributed by atoms with Crippen molar-refractivity contribution in [2.45, 2.75) is 19.3 Å². The number of aryl methyl sites for hydroxylation is 1. The molecule has 98 valence electrons. The number of halogens is 1. The zero-order valence-corrected chi connectivity index (χ0v) is 10.9. The maximum absolute atomic E-state index is 12.2. The molecule has 6 heteroatoms. The van der Waals surface area contributed by atoms with E-state index in [9.17, 15) is 4.79 Å². The third-order valence-electron chi connectivity index (χ3n) is 3.34. The summed E-state index contributed by atoms with van der Waals surface area (Å²) < 4.78 is 0. The normalized spacial score (nSPS) is 17.8. The third kappa shape index (κ3) is 2.61. The summed E-state index contributed by atoms with van der Waals surface area (Å²) in [7, 11) is 0. The van der Waals surface area contributed by atoms with E-state index in [1.165, 1.54) is 0 Å². The fourth-order valence-electron chi connectivity index (χ4n) is 2.32. The Hall–Kier alpha value is -1.88. The zero-order chi connectivity index (χ0) is 13.2. The van der Waals surface area contributed by atoms with Crippen molar-refractivity contribution in [1.29, 1.82) is 0 Å². The lowest BCUT2D eigenvalue weighted by Gasteiger charge is -2.19. The van der Waals surface area contributed by atoms with Gasteiger partial charge in [-0.25, -0.2) is 0 Å². The molecule has 1 atom stereocenters. The summed E-state index contributed by atoms with van der Waals surface area (Å²) in [6.07, 6.45) is 2.23. The average molecular weight is 277 g/mol. The summed E-state index contributed by atoms with van der Waals surface area (Å²) in [5.74, 6) is -0.0486. The van der Waals surface area contributed by atoms with Gasteiger partial charge in [0.15, 0.2) is 0 Å². The van der Waals surface area contributed by atoms with Crippen molar-refractivity contribution in [3.8, 4) is 0 Å². The molecule has 0 saturated carbocycles. The van der Waals surface area contributed by atoms with Gasteiger partial charge in [-0.15, -0.1) is 0 Å². The Labute approximate surface area is 115 Å². The molecule has 1 amide bonds. The first-order chi connectivity index (χ1) is 9.22. The van der Waals surface area contributed by atoms with Gasteiger partial charge in [-0.3, -0.25) is 4.79 Å². The Morgan fingerprint density at radius 2 is 2.21 bits per heavy atom. The summed E-state index contributed by atoms with van der Waals surface area (Å²) in [5, 5.41) is 14.2. The number of hydrogen-bond donors (Lipinski definition) is 2. The SMILES string of the molecule is O=C(Nc1cccc(Cl)c1)C1CCc2n[nH]nc2C1.